The van der Waals surface area contributed by atoms with Gasteiger partial charge in [0, 0.05) is 32.5 Å². The van der Waals surface area contributed by atoms with Crippen molar-refractivity contribution in [3.63, 3.8) is 0 Å². The van der Waals surface area contributed by atoms with Crippen molar-refractivity contribution >= 4 is 44.7 Å². The zero-order chi connectivity index (χ0) is 24.8. The Morgan fingerprint density at radius 2 is 1.14 bits per heavy atom. The summed E-state index contributed by atoms with van der Waals surface area (Å²) < 4.78 is 2.34. The number of carbonyl (C=O) groups excluding carboxylic acids is 2. The smallest absolute Gasteiger partial charge is 0.159 e. The third-order valence-electron chi connectivity index (χ3n) is 6.64. The predicted molar refractivity (Wildman–Crippen MR) is 150 cm³/mol. The molecule has 6 rings (SSSR count). The van der Waals surface area contributed by atoms with Crippen molar-refractivity contribution in [1.29, 1.82) is 0 Å². The molecule has 0 spiro atoms. The zero-order valence-corrected chi connectivity index (χ0v) is 20.8. The molecular formula is C32H23NO2S. The van der Waals surface area contributed by atoms with Gasteiger partial charge in [0.25, 0.3) is 0 Å². The third-order valence-corrected chi connectivity index (χ3v) is 7.92. The van der Waals surface area contributed by atoms with Gasteiger partial charge in [-0.1, -0.05) is 84.9 Å². The van der Waals surface area contributed by atoms with Crippen LogP contribution in [0.5, 0.6) is 0 Å². The minimum atomic E-state index is 0.0579. The summed E-state index contributed by atoms with van der Waals surface area (Å²) in [5.41, 5.74) is 6.95. The highest BCUT2D eigenvalue weighted by Crippen LogP contribution is 2.49. The number of ketones is 2. The van der Waals surface area contributed by atoms with Gasteiger partial charge in [-0.15, -0.1) is 11.3 Å². The minimum Gasteiger partial charge on any atom is -0.308 e. The lowest BCUT2D eigenvalue weighted by atomic mass is 10.0. The van der Waals surface area contributed by atoms with Crippen molar-refractivity contribution in [3.05, 3.63) is 114 Å². The lowest BCUT2D eigenvalue weighted by Crippen LogP contribution is -1.94. The van der Waals surface area contributed by atoms with Gasteiger partial charge in [0.15, 0.2) is 11.6 Å². The molecule has 0 saturated heterocycles. The standard InChI is InChI=1S/C32H23NO2S/c1-20(34)22-12-16-24(17-13-22)31-29-27-10-6-7-11-28(27)33(26-8-4-3-5-9-26)30(29)32(36-31)25-18-14-23(15-19-25)21(2)35/h3-19H,1-2H3. The summed E-state index contributed by atoms with van der Waals surface area (Å²) in [5.74, 6) is 0.118. The van der Waals surface area contributed by atoms with Gasteiger partial charge >= 0.3 is 0 Å². The molecule has 0 unspecified atom stereocenters. The molecule has 3 nitrogen and oxygen atoms in total. The van der Waals surface area contributed by atoms with Crippen LogP contribution in [0.2, 0.25) is 0 Å². The van der Waals surface area contributed by atoms with Crippen LogP contribution in [0, 0.1) is 0 Å². The maximum absolute atomic E-state index is 11.9. The first kappa shape index (κ1) is 22.2. The molecule has 0 aliphatic carbocycles. The highest BCUT2D eigenvalue weighted by Gasteiger charge is 2.23. The Morgan fingerprint density at radius 3 is 1.72 bits per heavy atom. The fourth-order valence-electron chi connectivity index (χ4n) is 4.84. The Kier molecular flexibility index (Phi) is 5.39. The Labute approximate surface area is 213 Å². The van der Waals surface area contributed by atoms with Crippen molar-refractivity contribution in [2.24, 2.45) is 0 Å². The van der Waals surface area contributed by atoms with Gasteiger partial charge in [-0.25, -0.2) is 0 Å². The summed E-state index contributed by atoms with van der Waals surface area (Å²) in [7, 11) is 0. The van der Waals surface area contributed by atoms with Crippen molar-refractivity contribution in [1.82, 2.24) is 4.57 Å². The first-order valence-corrected chi connectivity index (χ1v) is 12.7. The van der Waals surface area contributed by atoms with Crippen LogP contribution in [0.4, 0.5) is 0 Å². The second kappa shape index (κ2) is 8.74. The van der Waals surface area contributed by atoms with Crippen molar-refractivity contribution in [2.75, 3.05) is 0 Å². The second-order valence-electron chi connectivity index (χ2n) is 8.94. The van der Waals surface area contributed by atoms with Gasteiger partial charge in [0.2, 0.25) is 0 Å². The number of carbonyl (C=O) groups is 2. The van der Waals surface area contributed by atoms with E-state index < -0.39 is 0 Å². The molecule has 2 heterocycles. The van der Waals surface area contributed by atoms with E-state index in [1.54, 1.807) is 25.2 Å². The van der Waals surface area contributed by atoms with Crippen LogP contribution in [-0.2, 0) is 0 Å². The van der Waals surface area contributed by atoms with E-state index in [4.69, 9.17) is 0 Å². The summed E-state index contributed by atoms with van der Waals surface area (Å²) in [6.07, 6.45) is 0. The first-order valence-electron chi connectivity index (χ1n) is 11.9. The number of fused-ring (bicyclic) bond motifs is 3. The van der Waals surface area contributed by atoms with Crippen LogP contribution in [0.25, 0.3) is 48.4 Å². The van der Waals surface area contributed by atoms with Crippen LogP contribution >= 0.6 is 11.3 Å². The normalized spacial score (nSPS) is 11.3. The summed E-state index contributed by atoms with van der Waals surface area (Å²) in [4.78, 5) is 26.1. The van der Waals surface area contributed by atoms with E-state index in [1.165, 1.54) is 10.8 Å². The molecule has 0 aliphatic heterocycles. The van der Waals surface area contributed by atoms with E-state index in [0.717, 1.165) is 37.6 Å². The zero-order valence-electron chi connectivity index (χ0n) is 20.0. The molecule has 6 aromatic rings. The summed E-state index contributed by atoms with van der Waals surface area (Å²) in [6.45, 7) is 3.18. The largest absolute Gasteiger partial charge is 0.308 e. The number of rotatable bonds is 5. The van der Waals surface area contributed by atoms with Gasteiger partial charge < -0.3 is 4.57 Å². The molecular weight excluding hydrogens is 462 g/mol. The van der Waals surface area contributed by atoms with Gasteiger partial charge in [-0.05, 0) is 43.2 Å². The number of hydrogen-bond donors (Lipinski definition) is 0. The molecule has 0 bridgehead atoms. The number of para-hydroxylation sites is 2. The van der Waals surface area contributed by atoms with Crippen molar-refractivity contribution < 1.29 is 9.59 Å². The Hall–Kier alpha value is -4.28. The van der Waals surface area contributed by atoms with Gasteiger partial charge in [0.05, 0.1) is 15.9 Å². The third kappa shape index (κ3) is 3.58. The molecule has 0 fully saturated rings. The number of aromatic nitrogens is 1. The maximum atomic E-state index is 11.9. The average Bonchev–Trinajstić information content (AvgIpc) is 3.45. The van der Waals surface area contributed by atoms with Crippen LogP contribution in [0.3, 0.4) is 0 Å². The topological polar surface area (TPSA) is 39.1 Å². The molecule has 0 saturated carbocycles. The SMILES string of the molecule is CC(=O)c1ccc(-c2sc(-c3ccc(C(C)=O)cc3)c3c2c2ccccc2n3-c2ccccc2)cc1. The fourth-order valence-corrected chi connectivity index (χ4v) is 6.15. The highest BCUT2D eigenvalue weighted by atomic mass is 32.1. The molecule has 174 valence electrons. The Bertz CT molecular complexity index is 1760. The number of benzene rings is 4. The molecule has 0 atom stereocenters. The molecule has 2 aromatic heterocycles. The first-order chi connectivity index (χ1) is 17.5. The second-order valence-corrected chi connectivity index (χ2v) is 9.96. The van der Waals surface area contributed by atoms with E-state index >= 15 is 0 Å². The van der Waals surface area contributed by atoms with E-state index in [1.807, 2.05) is 54.6 Å². The van der Waals surface area contributed by atoms with E-state index in [2.05, 4.69) is 53.1 Å². The molecule has 0 N–H and O–H groups in total. The van der Waals surface area contributed by atoms with Gasteiger partial charge in [0.1, 0.15) is 0 Å². The van der Waals surface area contributed by atoms with Crippen molar-refractivity contribution in [3.8, 4) is 26.6 Å². The summed E-state index contributed by atoms with van der Waals surface area (Å²) in [5, 5.41) is 2.38. The average molecular weight is 486 g/mol. The van der Waals surface area contributed by atoms with Crippen LogP contribution in [0.1, 0.15) is 34.6 Å². The number of Topliss-reactive ketones (excluding diaryl/α,β-unsaturated/α-hetero) is 2. The molecule has 0 amide bonds. The molecule has 0 radical (unpaired) electrons. The van der Waals surface area contributed by atoms with Crippen LogP contribution < -0.4 is 0 Å². The lowest BCUT2D eigenvalue weighted by molar-refractivity contribution is 0.100. The maximum Gasteiger partial charge on any atom is 0.159 e. The van der Waals surface area contributed by atoms with Crippen LogP contribution in [0.15, 0.2) is 103 Å². The number of hydrogen-bond acceptors (Lipinski definition) is 3. The molecule has 36 heavy (non-hydrogen) atoms. The quantitative estimate of drug-likeness (QED) is 0.229. The van der Waals surface area contributed by atoms with E-state index in [9.17, 15) is 9.59 Å². The van der Waals surface area contributed by atoms with Gasteiger partial charge in [-0.2, -0.15) is 0 Å². The molecule has 4 aromatic carbocycles. The minimum absolute atomic E-state index is 0.0579. The fraction of sp³-hybridized carbons (Fsp3) is 0.0625. The Balaban J connectivity index is 1.72. The monoisotopic (exact) mass is 485 g/mol. The highest BCUT2D eigenvalue weighted by molar-refractivity contribution is 7.21. The Morgan fingerprint density at radius 1 is 0.611 bits per heavy atom. The number of thiophene rings is 1. The summed E-state index contributed by atoms with van der Waals surface area (Å²) >= 11 is 1.75. The summed E-state index contributed by atoms with van der Waals surface area (Å²) in [6, 6.07) is 34.7. The predicted octanol–water partition coefficient (Wildman–Crippen LogP) is 8.58. The van der Waals surface area contributed by atoms with Crippen molar-refractivity contribution in [2.45, 2.75) is 13.8 Å². The lowest BCUT2D eigenvalue weighted by Gasteiger charge is -2.09. The van der Waals surface area contributed by atoms with E-state index in [0.29, 0.717) is 11.1 Å². The van der Waals surface area contributed by atoms with E-state index in [-0.39, 0.29) is 11.6 Å². The number of nitrogens with zero attached hydrogens (tertiary/aromatic N) is 1. The van der Waals surface area contributed by atoms with Gasteiger partial charge in [-0.3, -0.25) is 9.59 Å². The molecule has 4 heteroatoms. The molecule has 0 aliphatic rings. The van der Waals surface area contributed by atoms with Crippen LogP contribution in [-0.4, -0.2) is 16.1 Å².